The molecule has 0 aliphatic carbocycles. The molecule has 6 heteroatoms. The van der Waals surface area contributed by atoms with Gasteiger partial charge in [-0.2, -0.15) is 5.10 Å². The number of hydrogen-bond donors (Lipinski definition) is 2. The van der Waals surface area contributed by atoms with Crippen molar-refractivity contribution < 1.29 is 5.11 Å². The topological polar surface area (TPSA) is 50.1 Å². The molecule has 21 heavy (non-hydrogen) atoms. The molecule has 0 fully saturated rings. The van der Waals surface area contributed by atoms with Crippen molar-refractivity contribution in [3.63, 3.8) is 0 Å². The molecule has 0 saturated carbocycles. The maximum Gasteiger partial charge on any atom is 0.0646 e. The summed E-state index contributed by atoms with van der Waals surface area (Å²) in [4.78, 5) is 1.16. The maximum atomic E-state index is 9.06. The minimum Gasteiger partial charge on any atom is -0.394 e. The zero-order chi connectivity index (χ0) is 15.4. The van der Waals surface area contributed by atoms with E-state index in [0.717, 1.165) is 32.6 Å². The normalized spacial score (nSPS) is 10.9. The first-order chi connectivity index (χ1) is 10.1. The van der Waals surface area contributed by atoms with E-state index in [0.29, 0.717) is 13.1 Å². The van der Waals surface area contributed by atoms with Crippen LogP contribution in [0, 0.1) is 13.8 Å². The van der Waals surface area contributed by atoms with Gasteiger partial charge in [0, 0.05) is 33.4 Å². The average Bonchev–Trinajstić information content (AvgIpc) is 2.72. The van der Waals surface area contributed by atoms with Crippen LogP contribution in [0.25, 0.3) is 0 Å². The summed E-state index contributed by atoms with van der Waals surface area (Å²) in [5, 5.41) is 17.7. The number of halogens is 1. The number of aryl methyl sites for hydroxylation is 1. The van der Waals surface area contributed by atoms with Crippen molar-refractivity contribution in [2.45, 2.75) is 31.8 Å². The van der Waals surface area contributed by atoms with Crippen molar-refractivity contribution >= 4 is 29.1 Å². The van der Waals surface area contributed by atoms with E-state index in [1.54, 1.807) is 11.8 Å². The number of aromatic nitrogens is 2. The average molecular weight is 326 g/mol. The van der Waals surface area contributed by atoms with Gasteiger partial charge in [-0.05, 0) is 38.3 Å². The number of nitrogens with one attached hydrogen (secondary N) is 1. The molecule has 1 aromatic heterocycles. The Morgan fingerprint density at radius 1 is 1.38 bits per heavy atom. The Balaban J connectivity index is 2.18. The van der Waals surface area contributed by atoms with Gasteiger partial charge in [0.1, 0.15) is 0 Å². The van der Waals surface area contributed by atoms with E-state index >= 15 is 0 Å². The number of aliphatic hydroxyl groups is 1. The van der Waals surface area contributed by atoms with E-state index in [1.165, 1.54) is 0 Å². The van der Waals surface area contributed by atoms with E-state index in [4.69, 9.17) is 16.7 Å². The van der Waals surface area contributed by atoms with Crippen LogP contribution in [0.3, 0.4) is 0 Å². The van der Waals surface area contributed by atoms with Crippen LogP contribution >= 0.6 is 23.4 Å². The molecule has 2 rings (SSSR count). The van der Waals surface area contributed by atoms with Crippen molar-refractivity contribution in [2.75, 3.05) is 18.2 Å². The lowest BCUT2D eigenvalue weighted by Crippen LogP contribution is -2.07. The highest BCUT2D eigenvalue weighted by Gasteiger charge is 2.11. The summed E-state index contributed by atoms with van der Waals surface area (Å²) >= 11 is 7.76. The summed E-state index contributed by atoms with van der Waals surface area (Å²) in [6, 6.07) is 5.86. The first-order valence-electron chi connectivity index (χ1n) is 6.78. The third-order valence-electron chi connectivity index (χ3n) is 3.46. The predicted molar refractivity (Wildman–Crippen MR) is 89.3 cm³/mol. The molecule has 0 atom stereocenters. The molecule has 0 bridgehead atoms. The SMILES string of the molecule is CSc1ccc(Cl)cc1NCc1c(C)nn(CCO)c1C. The fourth-order valence-corrected chi connectivity index (χ4v) is 3.03. The highest BCUT2D eigenvalue weighted by molar-refractivity contribution is 7.98. The largest absolute Gasteiger partial charge is 0.394 e. The van der Waals surface area contributed by atoms with Crippen molar-refractivity contribution in [1.82, 2.24) is 9.78 Å². The fourth-order valence-electron chi connectivity index (χ4n) is 2.30. The lowest BCUT2D eigenvalue weighted by atomic mass is 10.2. The van der Waals surface area contributed by atoms with Crippen LogP contribution in [0.1, 0.15) is 17.0 Å². The third kappa shape index (κ3) is 3.73. The molecule has 1 aromatic carbocycles. The van der Waals surface area contributed by atoms with Crippen molar-refractivity contribution in [1.29, 1.82) is 0 Å². The molecule has 114 valence electrons. The van der Waals surface area contributed by atoms with E-state index in [9.17, 15) is 0 Å². The van der Waals surface area contributed by atoms with Crippen LogP contribution < -0.4 is 5.32 Å². The summed E-state index contributed by atoms with van der Waals surface area (Å²) in [5.74, 6) is 0. The summed E-state index contributed by atoms with van der Waals surface area (Å²) < 4.78 is 1.85. The third-order valence-corrected chi connectivity index (χ3v) is 4.49. The van der Waals surface area contributed by atoms with E-state index in [2.05, 4.69) is 10.4 Å². The molecule has 0 aliphatic rings. The molecular weight excluding hydrogens is 306 g/mol. The van der Waals surface area contributed by atoms with Gasteiger partial charge in [0.25, 0.3) is 0 Å². The number of hydrogen-bond acceptors (Lipinski definition) is 4. The van der Waals surface area contributed by atoms with Gasteiger partial charge >= 0.3 is 0 Å². The molecule has 0 aliphatic heterocycles. The van der Waals surface area contributed by atoms with Gasteiger partial charge < -0.3 is 10.4 Å². The van der Waals surface area contributed by atoms with E-state index in [-0.39, 0.29) is 6.61 Å². The van der Waals surface area contributed by atoms with Gasteiger partial charge in [0.05, 0.1) is 18.8 Å². The number of benzene rings is 1. The van der Waals surface area contributed by atoms with Crippen molar-refractivity contribution in [3.8, 4) is 0 Å². The minimum absolute atomic E-state index is 0.0970. The number of nitrogens with zero attached hydrogens (tertiary/aromatic N) is 2. The zero-order valence-corrected chi connectivity index (χ0v) is 14.1. The second kappa shape index (κ2) is 7.20. The maximum absolute atomic E-state index is 9.06. The molecule has 0 spiro atoms. The van der Waals surface area contributed by atoms with Crippen LogP contribution in [0.4, 0.5) is 5.69 Å². The van der Waals surface area contributed by atoms with Crippen LogP contribution in [0.2, 0.25) is 5.02 Å². The van der Waals surface area contributed by atoms with Crippen molar-refractivity contribution in [3.05, 3.63) is 40.2 Å². The Bertz CT molecular complexity index is 628. The molecule has 2 N–H and O–H groups in total. The van der Waals surface area contributed by atoms with Crippen LogP contribution in [0.15, 0.2) is 23.1 Å². The second-order valence-corrected chi connectivity index (χ2v) is 6.08. The van der Waals surface area contributed by atoms with Crippen LogP contribution in [-0.4, -0.2) is 27.7 Å². The summed E-state index contributed by atoms with van der Waals surface area (Å²) in [5.41, 5.74) is 4.27. The summed E-state index contributed by atoms with van der Waals surface area (Å²) in [6.45, 7) is 5.34. The van der Waals surface area contributed by atoms with Crippen molar-refractivity contribution in [2.24, 2.45) is 0 Å². The highest BCUT2D eigenvalue weighted by atomic mass is 35.5. The second-order valence-electron chi connectivity index (χ2n) is 4.79. The Hall–Kier alpha value is -1.17. The number of anilines is 1. The Labute approximate surface area is 134 Å². The molecule has 0 unspecified atom stereocenters. The molecule has 0 saturated heterocycles. The van der Waals surface area contributed by atoms with Crippen LogP contribution in [-0.2, 0) is 13.1 Å². The number of thioether (sulfide) groups is 1. The first kappa shape index (κ1) is 16.2. The monoisotopic (exact) mass is 325 g/mol. The van der Waals surface area contributed by atoms with Gasteiger partial charge in [0.2, 0.25) is 0 Å². The van der Waals surface area contributed by atoms with Gasteiger partial charge in [-0.3, -0.25) is 4.68 Å². The molecule has 0 amide bonds. The number of aliphatic hydroxyl groups excluding tert-OH is 1. The smallest absolute Gasteiger partial charge is 0.0646 e. The molecule has 0 radical (unpaired) electrons. The minimum atomic E-state index is 0.0970. The quantitative estimate of drug-likeness (QED) is 0.798. The lowest BCUT2D eigenvalue weighted by Gasteiger charge is -2.11. The molecule has 4 nitrogen and oxygen atoms in total. The van der Waals surface area contributed by atoms with Gasteiger partial charge in [-0.25, -0.2) is 0 Å². The fraction of sp³-hybridized carbons (Fsp3) is 0.400. The number of rotatable bonds is 6. The summed E-state index contributed by atoms with van der Waals surface area (Å²) in [6.07, 6.45) is 2.05. The lowest BCUT2D eigenvalue weighted by molar-refractivity contribution is 0.268. The Morgan fingerprint density at radius 3 is 2.81 bits per heavy atom. The molecular formula is C15H20ClN3OS. The van der Waals surface area contributed by atoms with Gasteiger partial charge in [-0.15, -0.1) is 11.8 Å². The standard InChI is InChI=1S/C15H20ClN3OS/c1-10-13(11(2)19(18-10)6-7-20)9-17-14-8-12(16)4-5-15(14)21-3/h4-5,8,17,20H,6-7,9H2,1-3H3. The van der Waals surface area contributed by atoms with E-state index < -0.39 is 0 Å². The molecule has 2 aromatic rings. The predicted octanol–water partition coefficient (Wildman–Crippen LogP) is 3.48. The molecule has 1 heterocycles. The summed E-state index contributed by atoms with van der Waals surface area (Å²) in [7, 11) is 0. The zero-order valence-electron chi connectivity index (χ0n) is 12.5. The van der Waals surface area contributed by atoms with E-state index in [1.807, 2.05) is 43.0 Å². The van der Waals surface area contributed by atoms with Crippen LogP contribution in [0.5, 0.6) is 0 Å². The highest BCUT2D eigenvalue weighted by Crippen LogP contribution is 2.29. The Kier molecular flexibility index (Phi) is 5.56. The Morgan fingerprint density at radius 2 is 2.14 bits per heavy atom. The first-order valence-corrected chi connectivity index (χ1v) is 8.38. The van der Waals surface area contributed by atoms with Gasteiger partial charge in [0.15, 0.2) is 0 Å². The van der Waals surface area contributed by atoms with Gasteiger partial charge in [-0.1, -0.05) is 11.6 Å².